The maximum Gasteiger partial charge on any atom is 0.267 e. The minimum atomic E-state index is -0.243. The maximum atomic E-state index is 12.9. The number of ether oxygens (including phenoxy) is 1. The topological polar surface area (TPSA) is 60.3 Å². The minimum absolute atomic E-state index is 0.0105. The van der Waals surface area contributed by atoms with Crippen LogP contribution in [0.3, 0.4) is 0 Å². The van der Waals surface area contributed by atoms with Gasteiger partial charge in [0.15, 0.2) is 12.4 Å². The second-order valence-electron chi connectivity index (χ2n) is 9.31. The molecule has 1 N–H and O–H groups in total. The third-order valence-electron chi connectivity index (χ3n) is 6.53. The van der Waals surface area contributed by atoms with Gasteiger partial charge in [0.1, 0.15) is 5.75 Å². The molecule has 0 aliphatic carbocycles. The molecule has 192 valence electrons. The molecule has 5 nitrogen and oxygen atoms in total. The second-order valence-corrected chi connectivity index (χ2v) is 10.2. The van der Waals surface area contributed by atoms with E-state index < -0.39 is 0 Å². The van der Waals surface area contributed by atoms with Gasteiger partial charge in [-0.15, -0.1) is 0 Å². The zero-order valence-corrected chi connectivity index (χ0v) is 22.8. The number of unbranched alkanes of at least 4 members (excludes halogenated alkanes) is 1. The van der Waals surface area contributed by atoms with Crippen molar-refractivity contribution in [2.45, 2.75) is 58.4 Å². The number of nitrogens with one attached hydrogen (secondary N) is 1. The van der Waals surface area contributed by atoms with E-state index >= 15 is 0 Å². The van der Waals surface area contributed by atoms with Crippen LogP contribution in [0.15, 0.2) is 77.2 Å². The van der Waals surface area contributed by atoms with Crippen LogP contribution in [0.1, 0.15) is 56.1 Å². The Bertz CT molecular complexity index is 1450. The SMILES string of the molecule is CCC/C=C(\C)CCn1c(C)c(C(C)=O)c2c(OCC(=O)NSc3ccccc3)c3ccccc3cc21. The lowest BCUT2D eigenvalue weighted by Gasteiger charge is -2.13. The Morgan fingerprint density at radius 2 is 1.78 bits per heavy atom. The van der Waals surface area contributed by atoms with E-state index in [1.54, 1.807) is 6.92 Å². The average Bonchev–Trinajstić information content (AvgIpc) is 3.18. The van der Waals surface area contributed by atoms with Crippen molar-refractivity contribution in [2.75, 3.05) is 6.61 Å². The first kappa shape index (κ1) is 26.6. The molecule has 0 unspecified atom stereocenters. The fraction of sp³-hybridized carbons (Fsp3) is 0.290. The molecule has 1 heterocycles. The number of ketones is 1. The zero-order chi connectivity index (χ0) is 26.4. The van der Waals surface area contributed by atoms with E-state index in [1.807, 2.05) is 61.5 Å². The van der Waals surface area contributed by atoms with Crippen molar-refractivity contribution in [2.24, 2.45) is 0 Å². The molecular formula is C31H34N2O3S. The lowest BCUT2D eigenvalue weighted by Crippen LogP contribution is -2.23. The van der Waals surface area contributed by atoms with Crippen LogP contribution in [-0.4, -0.2) is 22.9 Å². The Hall–Kier alpha value is -3.51. The summed E-state index contributed by atoms with van der Waals surface area (Å²) in [5.74, 6) is 0.328. The fourth-order valence-corrected chi connectivity index (χ4v) is 5.26. The molecule has 4 aromatic rings. The van der Waals surface area contributed by atoms with E-state index in [9.17, 15) is 9.59 Å². The summed E-state index contributed by atoms with van der Waals surface area (Å²) >= 11 is 1.26. The van der Waals surface area contributed by atoms with Crippen molar-refractivity contribution in [3.63, 3.8) is 0 Å². The smallest absolute Gasteiger partial charge is 0.267 e. The first-order valence-electron chi connectivity index (χ1n) is 12.7. The number of rotatable bonds is 11. The van der Waals surface area contributed by atoms with Gasteiger partial charge in [-0.05, 0) is 69.1 Å². The van der Waals surface area contributed by atoms with Gasteiger partial charge in [-0.3, -0.25) is 14.3 Å². The third-order valence-corrected chi connectivity index (χ3v) is 7.36. The molecule has 0 aliphatic rings. The Balaban J connectivity index is 1.71. The Labute approximate surface area is 223 Å². The molecule has 1 amide bonds. The van der Waals surface area contributed by atoms with Gasteiger partial charge in [-0.25, -0.2) is 0 Å². The number of aromatic nitrogens is 1. The molecule has 37 heavy (non-hydrogen) atoms. The van der Waals surface area contributed by atoms with E-state index in [-0.39, 0.29) is 18.3 Å². The normalized spacial score (nSPS) is 11.7. The maximum absolute atomic E-state index is 12.9. The van der Waals surface area contributed by atoms with Gasteiger partial charge in [-0.2, -0.15) is 0 Å². The number of carbonyl (C=O) groups is 2. The number of hydrogen-bond acceptors (Lipinski definition) is 4. The summed E-state index contributed by atoms with van der Waals surface area (Å²) < 4.78 is 11.3. The summed E-state index contributed by atoms with van der Waals surface area (Å²) in [6.07, 6.45) is 5.40. The highest BCUT2D eigenvalue weighted by atomic mass is 32.2. The summed E-state index contributed by atoms with van der Waals surface area (Å²) in [5.41, 5.74) is 3.89. The second kappa shape index (κ2) is 12.2. The molecule has 0 radical (unpaired) electrons. The number of Topliss-reactive ketones (excluding diaryl/α,β-unsaturated/α-hetero) is 1. The lowest BCUT2D eigenvalue weighted by atomic mass is 10.0. The summed E-state index contributed by atoms with van der Waals surface area (Å²) in [5, 5.41) is 2.68. The van der Waals surface area contributed by atoms with Gasteiger partial charge in [0.05, 0.1) is 10.9 Å². The Morgan fingerprint density at radius 3 is 2.51 bits per heavy atom. The summed E-state index contributed by atoms with van der Waals surface area (Å²) in [4.78, 5) is 26.5. The van der Waals surface area contributed by atoms with Crippen LogP contribution >= 0.6 is 11.9 Å². The van der Waals surface area contributed by atoms with Crippen molar-refractivity contribution in [3.8, 4) is 5.75 Å². The van der Waals surface area contributed by atoms with Gasteiger partial charge in [0.25, 0.3) is 5.91 Å². The molecule has 4 rings (SSSR count). The quantitative estimate of drug-likeness (QED) is 0.127. The van der Waals surface area contributed by atoms with E-state index in [1.165, 1.54) is 17.5 Å². The van der Waals surface area contributed by atoms with Gasteiger partial charge in [-0.1, -0.05) is 67.5 Å². The van der Waals surface area contributed by atoms with Crippen molar-refractivity contribution < 1.29 is 14.3 Å². The number of carbonyl (C=O) groups excluding carboxylic acids is 2. The number of nitrogens with zero attached hydrogens (tertiary/aromatic N) is 1. The fourth-order valence-electron chi connectivity index (χ4n) is 4.67. The largest absolute Gasteiger partial charge is 0.482 e. The molecule has 0 bridgehead atoms. The van der Waals surface area contributed by atoms with Crippen LogP contribution in [0, 0.1) is 6.92 Å². The highest BCUT2D eigenvalue weighted by Gasteiger charge is 2.23. The third kappa shape index (κ3) is 6.08. The van der Waals surface area contributed by atoms with Crippen molar-refractivity contribution in [3.05, 3.63) is 83.6 Å². The van der Waals surface area contributed by atoms with E-state index in [4.69, 9.17) is 4.74 Å². The van der Waals surface area contributed by atoms with Crippen LogP contribution in [0.2, 0.25) is 0 Å². The van der Waals surface area contributed by atoms with Crippen LogP contribution in [0.25, 0.3) is 21.7 Å². The molecule has 0 aliphatic heterocycles. The molecule has 0 spiro atoms. The standard InChI is InChI=1S/C31H34N2O3S/c1-5-6-12-21(2)17-18-33-22(3)29(23(4)34)30-27(33)19-24-13-10-11-16-26(24)31(30)36-20-28(35)32-37-25-14-8-7-9-15-25/h7-16,19H,5-6,17-18,20H2,1-4H3,(H,32,35)/b21-12+. The first-order chi connectivity index (χ1) is 17.9. The Morgan fingerprint density at radius 1 is 1.05 bits per heavy atom. The van der Waals surface area contributed by atoms with E-state index in [0.29, 0.717) is 11.3 Å². The summed E-state index contributed by atoms with van der Waals surface area (Å²) in [6, 6.07) is 19.8. The Kier molecular flexibility index (Phi) is 8.72. The molecule has 1 aromatic heterocycles. The van der Waals surface area contributed by atoms with Gasteiger partial charge < -0.3 is 9.30 Å². The number of aryl methyl sites for hydroxylation is 1. The monoisotopic (exact) mass is 514 g/mol. The van der Waals surface area contributed by atoms with Crippen LogP contribution in [0.5, 0.6) is 5.75 Å². The highest BCUT2D eigenvalue weighted by Crippen LogP contribution is 2.40. The average molecular weight is 515 g/mol. The van der Waals surface area contributed by atoms with Crippen LogP contribution in [0.4, 0.5) is 0 Å². The van der Waals surface area contributed by atoms with E-state index in [0.717, 1.165) is 58.1 Å². The van der Waals surface area contributed by atoms with Crippen molar-refractivity contribution >= 4 is 45.3 Å². The first-order valence-corrected chi connectivity index (χ1v) is 13.6. The van der Waals surface area contributed by atoms with Crippen molar-refractivity contribution in [1.29, 1.82) is 0 Å². The molecule has 0 saturated heterocycles. The van der Waals surface area contributed by atoms with Crippen LogP contribution in [-0.2, 0) is 11.3 Å². The molecule has 0 saturated carbocycles. The minimum Gasteiger partial charge on any atom is -0.482 e. The number of hydrogen-bond donors (Lipinski definition) is 1. The number of amides is 1. The number of allylic oxidation sites excluding steroid dienone is 2. The van der Waals surface area contributed by atoms with Gasteiger partial charge >= 0.3 is 0 Å². The number of fused-ring (bicyclic) bond motifs is 2. The molecular weight excluding hydrogens is 480 g/mol. The summed E-state index contributed by atoms with van der Waals surface area (Å²) in [6.45, 7) is 8.57. The molecule has 6 heteroatoms. The zero-order valence-electron chi connectivity index (χ0n) is 22.0. The predicted molar refractivity (Wildman–Crippen MR) is 153 cm³/mol. The van der Waals surface area contributed by atoms with Crippen molar-refractivity contribution in [1.82, 2.24) is 9.29 Å². The molecule has 3 aromatic carbocycles. The van der Waals surface area contributed by atoms with E-state index in [2.05, 4.69) is 35.3 Å². The van der Waals surface area contributed by atoms with Gasteiger partial charge in [0.2, 0.25) is 0 Å². The molecule has 0 fully saturated rings. The number of benzene rings is 3. The lowest BCUT2D eigenvalue weighted by molar-refractivity contribution is -0.121. The van der Waals surface area contributed by atoms with Crippen LogP contribution < -0.4 is 9.46 Å². The summed E-state index contributed by atoms with van der Waals surface area (Å²) in [7, 11) is 0. The highest BCUT2D eigenvalue weighted by molar-refractivity contribution is 7.98. The predicted octanol–water partition coefficient (Wildman–Crippen LogP) is 7.64. The van der Waals surface area contributed by atoms with Gasteiger partial charge in [0, 0.05) is 28.1 Å². The molecule has 0 atom stereocenters.